The van der Waals surface area contributed by atoms with Crippen molar-refractivity contribution in [1.82, 2.24) is 0 Å². The molecule has 0 N–H and O–H groups in total. The molecule has 0 aromatic heterocycles. The third-order valence-corrected chi connectivity index (χ3v) is 0.992. The Morgan fingerprint density at radius 3 is 2.44 bits per heavy atom. The fourth-order valence-electron chi connectivity index (χ4n) is 0.452. The van der Waals surface area contributed by atoms with E-state index in [4.69, 9.17) is 9.47 Å². The first-order valence-electron chi connectivity index (χ1n) is 3.19. The molecule has 0 atom stereocenters. The highest BCUT2D eigenvalue weighted by Crippen LogP contribution is 1.99. The van der Waals surface area contributed by atoms with E-state index in [9.17, 15) is 0 Å². The number of rotatable bonds is 4. The van der Waals surface area contributed by atoms with Crippen molar-refractivity contribution in [3.8, 4) is 0 Å². The summed E-state index contributed by atoms with van der Waals surface area (Å²) in [4.78, 5) is 0. The van der Waals surface area contributed by atoms with Crippen molar-refractivity contribution in [2.45, 2.75) is 20.3 Å². The van der Waals surface area contributed by atoms with E-state index >= 15 is 0 Å². The summed E-state index contributed by atoms with van der Waals surface area (Å²) in [7, 11) is 1.65. The minimum absolute atomic E-state index is 0.701. The number of allylic oxidation sites excluding steroid dienone is 1. The van der Waals surface area contributed by atoms with Crippen LogP contribution in [-0.2, 0) is 9.47 Å². The molecule has 2 heteroatoms. The van der Waals surface area contributed by atoms with Crippen molar-refractivity contribution in [3.63, 3.8) is 0 Å². The van der Waals surface area contributed by atoms with E-state index in [1.807, 2.05) is 13.8 Å². The smallest absolute Gasteiger partial charge is 0.130 e. The highest BCUT2D eigenvalue weighted by atomic mass is 16.5. The van der Waals surface area contributed by atoms with E-state index in [-0.39, 0.29) is 0 Å². The molecule has 0 amide bonds. The molecule has 0 rings (SSSR count). The molecule has 0 unspecified atom stereocenters. The van der Waals surface area contributed by atoms with E-state index in [0.29, 0.717) is 6.61 Å². The van der Waals surface area contributed by atoms with E-state index in [2.05, 4.69) is 0 Å². The van der Waals surface area contributed by atoms with E-state index < -0.39 is 0 Å². The average molecular weight is 130 g/mol. The number of ether oxygens (including phenoxy) is 2. The highest BCUT2D eigenvalue weighted by molar-refractivity contribution is 4.84. The van der Waals surface area contributed by atoms with Gasteiger partial charge >= 0.3 is 0 Å². The molecule has 0 saturated heterocycles. The maximum absolute atomic E-state index is 4.99. The summed E-state index contributed by atoms with van der Waals surface area (Å²) in [6.45, 7) is 4.67. The Bertz CT molecular complexity index is 80.9. The van der Waals surface area contributed by atoms with Gasteiger partial charge in [-0.3, -0.25) is 0 Å². The van der Waals surface area contributed by atoms with Gasteiger partial charge in [-0.2, -0.15) is 0 Å². The summed E-state index contributed by atoms with van der Waals surface area (Å²) >= 11 is 0. The molecular formula is C7H14O2. The van der Waals surface area contributed by atoms with Crippen molar-refractivity contribution >= 4 is 0 Å². The lowest BCUT2D eigenvalue weighted by molar-refractivity contribution is 0.215. The lowest BCUT2D eigenvalue weighted by Crippen LogP contribution is -1.86. The van der Waals surface area contributed by atoms with Crippen molar-refractivity contribution in [3.05, 3.63) is 12.0 Å². The predicted molar refractivity (Wildman–Crippen MR) is 37.0 cm³/mol. The molecule has 0 aromatic carbocycles. The van der Waals surface area contributed by atoms with Gasteiger partial charge < -0.3 is 9.47 Å². The summed E-state index contributed by atoms with van der Waals surface area (Å²) in [6, 6.07) is 0. The predicted octanol–water partition coefficient (Wildman–Crippen LogP) is 1.92. The van der Waals surface area contributed by atoms with Gasteiger partial charge in [0.2, 0.25) is 0 Å². The topological polar surface area (TPSA) is 18.5 Å². The maximum Gasteiger partial charge on any atom is 0.130 e. The minimum atomic E-state index is 0.701. The first kappa shape index (κ1) is 8.34. The maximum atomic E-state index is 4.99. The molecule has 0 fully saturated rings. The molecule has 0 spiro atoms. The Morgan fingerprint density at radius 2 is 2.11 bits per heavy atom. The van der Waals surface area contributed by atoms with Crippen LogP contribution in [0.15, 0.2) is 12.0 Å². The number of methoxy groups -OCH3 is 1. The quantitative estimate of drug-likeness (QED) is 0.541. The minimum Gasteiger partial charge on any atom is -0.498 e. The van der Waals surface area contributed by atoms with Gasteiger partial charge in [-0.15, -0.1) is 0 Å². The Morgan fingerprint density at radius 1 is 1.44 bits per heavy atom. The fraction of sp³-hybridized carbons (Fsp3) is 0.714. The average Bonchev–Trinajstić information content (AvgIpc) is 1.91. The van der Waals surface area contributed by atoms with Crippen LogP contribution >= 0.6 is 0 Å². The third kappa shape index (κ3) is 3.88. The normalized spacial score (nSPS) is 11.2. The van der Waals surface area contributed by atoms with Crippen LogP contribution in [0.25, 0.3) is 0 Å². The van der Waals surface area contributed by atoms with E-state index in [1.54, 1.807) is 13.4 Å². The summed E-state index contributed by atoms with van der Waals surface area (Å²) in [5.41, 5.74) is 0. The molecule has 0 bridgehead atoms. The fourth-order valence-corrected chi connectivity index (χ4v) is 0.452. The monoisotopic (exact) mass is 130 g/mol. The summed E-state index contributed by atoms with van der Waals surface area (Å²) in [6.07, 6.45) is 2.54. The first-order valence-corrected chi connectivity index (χ1v) is 3.19. The third-order valence-electron chi connectivity index (χ3n) is 0.992. The molecule has 0 saturated carbocycles. The molecule has 54 valence electrons. The van der Waals surface area contributed by atoms with Crippen LogP contribution in [0, 0.1) is 0 Å². The van der Waals surface area contributed by atoms with Crippen molar-refractivity contribution in [2.75, 3.05) is 13.7 Å². The molecule has 0 aliphatic heterocycles. The molecule has 0 aliphatic carbocycles. The SMILES string of the molecule is CCOC=C(CC)OC. The van der Waals surface area contributed by atoms with Crippen molar-refractivity contribution in [1.29, 1.82) is 0 Å². The summed E-state index contributed by atoms with van der Waals surface area (Å²) in [5.74, 6) is 0.886. The Hall–Kier alpha value is -0.660. The van der Waals surface area contributed by atoms with Crippen LogP contribution in [0.5, 0.6) is 0 Å². The standard InChI is InChI=1S/C7H14O2/c1-4-7(8-3)6-9-5-2/h6H,4-5H2,1-3H3. The van der Waals surface area contributed by atoms with Crippen molar-refractivity contribution < 1.29 is 9.47 Å². The largest absolute Gasteiger partial charge is 0.498 e. The van der Waals surface area contributed by atoms with E-state index in [0.717, 1.165) is 12.2 Å². The summed E-state index contributed by atoms with van der Waals surface area (Å²) in [5, 5.41) is 0. The van der Waals surface area contributed by atoms with Crippen LogP contribution in [0.1, 0.15) is 20.3 Å². The molecule has 0 aromatic rings. The van der Waals surface area contributed by atoms with Crippen LogP contribution in [0.4, 0.5) is 0 Å². The first-order chi connectivity index (χ1) is 4.35. The molecular weight excluding hydrogens is 116 g/mol. The van der Waals surface area contributed by atoms with Gasteiger partial charge in [0, 0.05) is 6.42 Å². The van der Waals surface area contributed by atoms with Gasteiger partial charge in [0.05, 0.1) is 13.7 Å². The number of hydrogen-bond donors (Lipinski definition) is 0. The zero-order valence-electron chi connectivity index (χ0n) is 6.31. The summed E-state index contributed by atoms with van der Waals surface area (Å²) < 4.78 is 9.93. The van der Waals surface area contributed by atoms with E-state index in [1.165, 1.54) is 0 Å². The Labute approximate surface area is 56.5 Å². The lowest BCUT2D eigenvalue weighted by Gasteiger charge is -2.01. The van der Waals surface area contributed by atoms with Crippen LogP contribution in [0.2, 0.25) is 0 Å². The number of hydrogen-bond acceptors (Lipinski definition) is 2. The second-order valence-electron chi connectivity index (χ2n) is 1.60. The molecule has 0 radical (unpaired) electrons. The lowest BCUT2D eigenvalue weighted by atomic mass is 10.4. The van der Waals surface area contributed by atoms with Gasteiger partial charge in [-0.05, 0) is 6.92 Å². The van der Waals surface area contributed by atoms with Crippen molar-refractivity contribution in [2.24, 2.45) is 0 Å². The second-order valence-corrected chi connectivity index (χ2v) is 1.60. The van der Waals surface area contributed by atoms with Gasteiger partial charge in [0.1, 0.15) is 12.0 Å². The Balaban J connectivity index is 3.48. The zero-order valence-corrected chi connectivity index (χ0v) is 6.31. The highest BCUT2D eigenvalue weighted by Gasteiger charge is 1.88. The molecule has 0 aliphatic rings. The van der Waals surface area contributed by atoms with Crippen LogP contribution in [-0.4, -0.2) is 13.7 Å². The van der Waals surface area contributed by atoms with Gasteiger partial charge in [0.15, 0.2) is 0 Å². The van der Waals surface area contributed by atoms with Gasteiger partial charge in [-0.1, -0.05) is 6.92 Å². The second kappa shape index (κ2) is 5.48. The van der Waals surface area contributed by atoms with Crippen LogP contribution < -0.4 is 0 Å². The van der Waals surface area contributed by atoms with Gasteiger partial charge in [0.25, 0.3) is 0 Å². The molecule has 0 heterocycles. The van der Waals surface area contributed by atoms with Crippen LogP contribution in [0.3, 0.4) is 0 Å². The Kier molecular flexibility index (Phi) is 5.07. The molecule has 2 nitrogen and oxygen atoms in total. The zero-order chi connectivity index (χ0) is 7.11. The molecule has 9 heavy (non-hydrogen) atoms. The van der Waals surface area contributed by atoms with Gasteiger partial charge in [-0.25, -0.2) is 0 Å².